The molecule has 0 amide bonds. The summed E-state index contributed by atoms with van der Waals surface area (Å²) in [6.45, 7) is 11.8. The van der Waals surface area contributed by atoms with Crippen LogP contribution in [0.25, 0.3) is 5.57 Å². The minimum absolute atomic E-state index is 0.0668. The molecule has 0 saturated heterocycles. The summed E-state index contributed by atoms with van der Waals surface area (Å²) in [7, 11) is 0. The Morgan fingerprint density at radius 2 is 1.26 bits per heavy atom. The van der Waals surface area contributed by atoms with E-state index in [0.29, 0.717) is 45.8 Å². The van der Waals surface area contributed by atoms with Gasteiger partial charge in [0.1, 0.15) is 24.3 Å². The van der Waals surface area contributed by atoms with Crippen LogP contribution in [0.2, 0.25) is 10.0 Å². The topological polar surface area (TPSA) is 179 Å². The maximum atomic E-state index is 13.0. The number of benzene rings is 4. The Balaban J connectivity index is 1.05. The van der Waals surface area contributed by atoms with Crippen molar-refractivity contribution in [3.8, 4) is 11.5 Å². The number of nitro benzene ring substituents is 2. The highest BCUT2D eigenvalue weighted by Crippen LogP contribution is 2.69. The summed E-state index contributed by atoms with van der Waals surface area (Å²) in [5.41, 5.74) is 1.45. The Morgan fingerprint density at radius 1 is 0.726 bits per heavy atom. The molecule has 14 heteroatoms. The SMILES string of the molecule is CC(C)CCC[C@@H](C)[C@H]1CC[C@H]2[C@@H]3CCC4CC(CCC=C(c5cc(Cl)c(OCc6ccccc6[N+](=O)[O-])c(C(=O)O)c5)c5cc(Cl)c(OCc6ccccc6[N+](=O)[O-])c(C(=O)O)c5)CC[C@]4(C)[C@H]3CC[C@]12C. The van der Waals surface area contributed by atoms with Gasteiger partial charge in [0.05, 0.1) is 31.0 Å². The van der Waals surface area contributed by atoms with E-state index in [4.69, 9.17) is 32.7 Å². The molecule has 4 aromatic carbocycles. The van der Waals surface area contributed by atoms with Crippen molar-refractivity contribution in [2.75, 3.05) is 0 Å². The lowest BCUT2D eigenvalue weighted by atomic mass is 9.44. The summed E-state index contributed by atoms with van der Waals surface area (Å²) < 4.78 is 11.9. The molecule has 0 bridgehead atoms. The number of fused-ring (bicyclic) bond motifs is 5. The standard InChI is InChI=1S/C59H70Cl2N2O10/c1-35(2)12-10-13-36(3)47-22-23-48-44-21-20-42-28-37(24-26-58(42,4)49(44)25-27-59(47,48)5)14-11-17-43(40-29-45(56(64)65)54(50(60)31-40)72-33-38-15-6-8-18-52(38)62(68)69)41-30-46(57(66)67)55(51(61)32-41)73-34-39-16-7-9-19-53(39)63(70)71/h6-9,15-19,29-32,35-37,42,44,47-49H,10-14,20-28,33-34H2,1-5H3,(H,64,65)(H,66,67)/t36-,37?,42?,44+,47-,48+,49+,58+,59-/m1/s1. The largest absolute Gasteiger partial charge is 0.486 e. The summed E-state index contributed by atoms with van der Waals surface area (Å²) in [5.74, 6) is 2.82. The van der Waals surface area contributed by atoms with Crippen molar-refractivity contribution >= 4 is 52.1 Å². The molecule has 0 aromatic heterocycles. The summed E-state index contributed by atoms with van der Waals surface area (Å²) >= 11 is 13.8. The van der Waals surface area contributed by atoms with E-state index in [1.165, 1.54) is 113 Å². The quantitative estimate of drug-likeness (QED) is 0.0639. The third-order valence-electron chi connectivity index (χ3n) is 18.2. The van der Waals surface area contributed by atoms with Gasteiger partial charge in [-0.15, -0.1) is 0 Å². The number of carboxylic acid groups (broad SMARTS) is 2. The van der Waals surface area contributed by atoms with Crippen LogP contribution in [0, 0.1) is 78.4 Å². The number of hydrogen-bond donors (Lipinski definition) is 2. The van der Waals surface area contributed by atoms with Crippen LogP contribution in [0.4, 0.5) is 11.4 Å². The molecule has 73 heavy (non-hydrogen) atoms. The zero-order valence-corrected chi connectivity index (χ0v) is 44.3. The fourth-order valence-corrected chi connectivity index (χ4v) is 15.1. The second-order valence-electron chi connectivity index (χ2n) is 22.7. The molecule has 0 aliphatic heterocycles. The number of ether oxygens (including phenoxy) is 2. The normalized spacial score (nSPS) is 25.7. The minimum atomic E-state index is -1.36. The van der Waals surface area contributed by atoms with Crippen LogP contribution < -0.4 is 9.47 Å². The zero-order valence-electron chi connectivity index (χ0n) is 42.7. The fraction of sp³-hybridized carbons (Fsp3) is 0.525. The molecule has 8 rings (SSSR count). The Kier molecular flexibility index (Phi) is 16.6. The lowest BCUT2D eigenvalue weighted by molar-refractivity contribution is -0.386. The van der Waals surface area contributed by atoms with Crippen molar-refractivity contribution in [1.29, 1.82) is 0 Å². The molecular weight excluding hydrogens is 968 g/mol. The van der Waals surface area contributed by atoms with Crippen molar-refractivity contribution in [1.82, 2.24) is 0 Å². The highest BCUT2D eigenvalue weighted by Gasteiger charge is 2.60. The van der Waals surface area contributed by atoms with Gasteiger partial charge in [-0.1, -0.05) is 107 Å². The number of allylic oxidation sites excluding steroid dienone is 1. The Morgan fingerprint density at radius 3 is 1.79 bits per heavy atom. The van der Waals surface area contributed by atoms with Crippen LogP contribution in [0.3, 0.4) is 0 Å². The van der Waals surface area contributed by atoms with E-state index in [1.807, 2.05) is 6.08 Å². The number of carboxylic acids is 2. The van der Waals surface area contributed by atoms with Crippen LogP contribution in [-0.4, -0.2) is 32.0 Å². The van der Waals surface area contributed by atoms with Crippen LogP contribution in [0.1, 0.15) is 167 Å². The highest BCUT2D eigenvalue weighted by molar-refractivity contribution is 6.33. The molecule has 9 atom stereocenters. The number of halogens is 2. The van der Waals surface area contributed by atoms with Gasteiger partial charge < -0.3 is 19.7 Å². The van der Waals surface area contributed by atoms with Crippen LogP contribution in [0.15, 0.2) is 78.9 Å². The van der Waals surface area contributed by atoms with E-state index in [1.54, 1.807) is 24.3 Å². The Hall–Kier alpha value is -5.46. The van der Waals surface area contributed by atoms with Gasteiger partial charge in [-0.2, -0.15) is 0 Å². The molecule has 4 aliphatic carbocycles. The van der Waals surface area contributed by atoms with Crippen LogP contribution in [0.5, 0.6) is 11.5 Å². The zero-order chi connectivity index (χ0) is 52.4. The lowest BCUT2D eigenvalue weighted by Gasteiger charge is -2.61. The Labute approximate surface area is 439 Å². The predicted octanol–water partition coefficient (Wildman–Crippen LogP) is 16.3. The van der Waals surface area contributed by atoms with Crippen molar-refractivity contribution < 1.29 is 39.1 Å². The fourth-order valence-electron chi connectivity index (χ4n) is 14.5. The number of nitro groups is 2. The van der Waals surface area contributed by atoms with E-state index < -0.39 is 21.8 Å². The van der Waals surface area contributed by atoms with E-state index in [2.05, 4.69) is 34.6 Å². The molecular formula is C59H70Cl2N2O10. The van der Waals surface area contributed by atoms with Crippen LogP contribution in [-0.2, 0) is 13.2 Å². The lowest BCUT2D eigenvalue weighted by Crippen LogP contribution is -2.53. The predicted molar refractivity (Wildman–Crippen MR) is 285 cm³/mol. The first-order valence-corrected chi connectivity index (χ1v) is 27.1. The van der Waals surface area contributed by atoms with Gasteiger partial charge in [-0.05, 0) is 182 Å². The van der Waals surface area contributed by atoms with Gasteiger partial charge in [0.25, 0.3) is 11.4 Å². The second-order valence-corrected chi connectivity index (χ2v) is 23.5. The average Bonchev–Trinajstić information content (AvgIpc) is 3.71. The summed E-state index contributed by atoms with van der Waals surface area (Å²) in [6.07, 6.45) is 19.0. The molecule has 2 N–H and O–H groups in total. The smallest absolute Gasteiger partial charge is 0.339 e. The second kappa shape index (κ2) is 22.6. The van der Waals surface area contributed by atoms with Crippen molar-refractivity contribution in [2.24, 2.45) is 58.2 Å². The van der Waals surface area contributed by atoms with Crippen molar-refractivity contribution in [3.05, 3.63) is 143 Å². The summed E-state index contributed by atoms with van der Waals surface area (Å²) in [4.78, 5) is 48.3. The molecule has 0 heterocycles. The Bertz CT molecular complexity index is 2630. The molecule has 4 fully saturated rings. The third-order valence-corrected chi connectivity index (χ3v) is 18.8. The van der Waals surface area contributed by atoms with Crippen LogP contribution >= 0.6 is 23.2 Å². The number of nitrogens with zero attached hydrogens (tertiary/aromatic N) is 2. The van der Waals surface area contributed by atoms with Gasteiger partial charge >= 0.3 is 11.9 Å². The van der Waals surface area contributed by atoms with E-state index in [9.17, 15) is 40.0 Å². The first kappa shape index (κ1) is 53.8. The third kappa shape index (κ3) is 11.3. The molecule has 0 radical (unpaired) electrons. The van der Waals surface area contributed by atoms with E-state index in [-0.39, 0.29) is 68.4 Å². The summed E-state index contributed by atoms with van der Waals surface area (Å²) in [5, 5.41) is 44.5. The molecule has 2 unspecified atom stereocenters. The first-order chi connectivity index (χ1) is 34.8. The van der Waals surface area contributed by atoms with Gasteiger partial charge in [-0.3, -0.25) is 20.2 Å². The van der Waals surface area contributed by atoms with Gasteiger partial charge in [0, 0.05) is 12.1 Å². The monoisotopic (exact) mass is 1040 g/mol. The molecule has 12 nitrogen and oxygen atoms in total. The first-order valence-electron chi connectivity index (χ1n) is 26.3. The summed E-state index contributed by atoms with van der Waals surface area (Å²) in [6, 6.07) is 17.9. The molecule has 4 saturated carbocycles. The van der Waals surface area contributed by atoms with Crippen molar-refractivity contribution in [3.63, 3.8) is 0 Å². The number of para-hydroxylation sites is 2. The van der Waals surface area contributed by atoms with Gasteiger partial charge in [0.2, 0.25) is 0 Å². The number of aromatic carboxylic acids is 2. The molecule has 390 valence electrons. The maximum absolute atomic E-state index is 13.0. The average molecular weight is 1040 g/mol. The number of hydrogen-bond acceptors (Lipinski definition) is 8. The maximum Gasteiger partial charge on any atom is 0.339 e. The number of carbonyl (C=O) groups is 2. The molecule has 0 spiro atoms. The van der Waals surface area contributed by atoms with E-state index >= 15 is 0 Å². The van der Waals surface area contributed by atoms with E-state index in [0.717, 1.165) is 54.8 Å². The molecule has 4 aromatic rings. The number of rotatable bonds is 20. The van der Waals surface area contributed by atoms with Crippen molar-refractivity contribution in [2.45, 2.75) is 138 Å². The highest BCUT2D eigenvalue weighted by atomic mass is 35.5. The molecule has 4 aliphatic rings. The van der Waals surface area contributed by atoms with Gasteiger partial charge in [0.15, 0.2) is 11.5 Å². The van der Waals surface area contributed by atoms with Gasteiger partial charge in [-0.25, -0.2) is 9.59 Å². The minimum Gasteiger partial charge on any atom is -0.486 e.